The molecular weight excluding hydrogens is 242 g/mol. The first-order valence-electron chi connectivity index (χ1n) is 6.81. The zero-order valence-corrected chi connectivity index (χ0v) is 11.6. The molecule has 4 nitrogen and oxygen atoms in total. The lowest BCUT2D eigenvalue weighted by Crippen LogP contribution is -2.48. The maximum Gasteiger partial charge on any atom is 0.119 e. The van der Waals surface area contributed by atoms with Crippen molar-refractivity contribution >= 4 is 0 Å². The number of hydrogen-bond donors (Lipinski definition) is 2. The van der Waals surface area contributed by atoms with Crippen LogP contribution in [0, 0.1) is 6.92 Å². The SMILES string of the molecule is COC1CC(NCC(O)COc2ccc(C)cc2)C1. The van der Waals surface area contributed by atoms with Gasteiger partial charge in [-0.2, -0.15) is 0 Å². The van der Waals surface area contributed by atoms with Gasteiger partial charge in [0.05, 0.1) is 6.10 Å². The molecule has 2 rings (SSSR count). The number of methoxy groups -OCH3 is 1. The molecule has 1 aromatic carbocycles. The summed E-state index contributed by atoms with van der Waals surface area (Å²) in [5.74, 6) is 0.799. The van der Waals surface area contributed by atoms with Crippen molar-refractivity contribution < 1.29 is 14.6 Å². The fourth-order valence-electron chi connectivity index (χ4n) is 2.11. The molecule has 0 heterocycles. The number of aliphatic hydroxyl groups is 1. The first-order valence-corrected chi connectivity index (χ1v) is 6.81. The molecule has 19 heavy (non-hydrogen) atoms. The van der Waals surface area contributed by atoms with Crippen LogP contribution >= 0.6 is 0 Å². The van der Waals surface area contributed by atoms with E-state index in [1.165, 1.54) is 5.56 Å². The molecule has 0 aliphatic heterocycles. The van der Waals surface area contributed by atoms with Crippen LogP contribution in [0.2, 0.25) is 0 Å². The lowest BCUT2D eigenvalue weighted by molar-refractivity contribution is 0.0117. The van der Waals surface area contributed by atoms with Crippen LogP contribution in [0.4, 0.5) is 0 Å². The highest BCUT2D eigenvalue weighted by Gasteiger charge is 2.28. The number of ether oxygens (including phenoxy) is 2. The van der Waals surface area contributed by atoms with Gasteiger partial charge in [0.15, 0.2) is 0 Å². The van der Waals surface area contributed by atoms with E-state index < -0.39 is 6.10 Å². The largest absolute Gasteiger partial charge is 0.491 e. The van der Waals surface area contributed by atoms with Crippen molar-refractivity contribution in [3.05, 3.63) is 29.8 Å². The molecule has 0 radical (unpaired) electrons. The fourth-order valence-corrected chi connectivity index (χ4v) is 2.11. The van der Waals surface area contributed by atoms with Crippen LogP contribution in [-0.2, 0) is 4.74 Å². The van der Waals surface area contributed by atoms with Crippen LogP contribution in [0.25, 0.3) is 0 Å². The van der Waals surface area contributed by atoms with E-state index in [-0.39, 0.29) is 0 Å². The third kappa shape index (κ3) is 4.49. The predicted molar refractivity (Wildman–Crippen MR) is 74.5 cm³/mol. The van der Waals surface area contributed by atoms with E-state index in [0.29, 0.717) is 25.3 Å². The number of nitrogens with one attached hydrogen (secondary N) is 1. The summed E-state index contributed by atoms with van der Waals surface area (Å²) in [6.45, 7) is 2.91. The van der Waals surface area contributed by atoms with Gasteiger partial charge in [-0.05, 0) is 31.9 Å². The van der Waals surface area contributed by atoms with Crippen LogP contribution < -0.4 is 10.1 Å². The zero-order valence-electron chi connectivity index (χ0n) is 11.6. The van der Waals surface area contributed by atoms with Crippen molar-refractivity contribution in [1.82, 2.24) is 5.32 Å². The Morgan fingerprint density at radius 1 is 1.32 bits per heavy atom. The summed E-state index contributed by atoms with van der Waals surface area (Å²) in [7, 11) is 1.74. The third-order valence-corrected chi connectivity index (χ3v) is 3.53. The molecular formula is C15H23NO3. The van der Waals surface area contributed by atoms with Gasteiger partial charge in [-0.25, -0.2) is 0 Å². The summed E-state index contributed by atoms with van der Waals surface area (Å²) >= 11 is 0. The molecule has 0 aromatic heterocycles. The van der Waals surface area contributed by atoms with Crippen LogP contribution in [-0.4, -0.2) is 43.6 Å². The molecule has 0 saturated heterocycles. The molecule has 2 N–H and O–H groups in total. The Morgan fingerprint density at radius 2 is 2.00 bits per heavy atom. The van der Waals surface area contributed by atoms with Gasteiger partial charge < -0.3 is 19.9 Å². The van der Waals surface area contributed by atoms with E-state index in [2.05, 4.69) is 5.32 Å². The smallest absolute Gasteiger partial charge is 0.119 e. The molecule has 1 atom stereocenters. The Kier molecular flexibility index (Phi) is 5.19. The standard InChI is InChI=1S/C15H23NO3/c1-11-3-5-14(6-4-11)19-10-13(17)9-16-12-7-15(8-12)18-2/h3-6,12-13,15-17H,7-10H2,1-2H3. The molecule has 1 aromatic rings. The van der Waals surface area contributed by atoms with Crippen LogP contribution in [0.3, 0.4) is 0 Å². The maximum atomic E-state index is 9.84. The van der Waals surface area contributed by atoms with E-state index in [1.54, 1.807) is 7.11 Å². The average Bonchev–Trinajstić information content (AvgIpc) is 2.36. The lowest BCUT2D eigenvalue weighted by atomic mass is 9.89. The first kappa shape index (κ1) is 14.3. The Balaban J connectivity index is 1.59. The molecule has 1 saturated carbocycles. The molecule has 0 amide bonds. The maximum absolute atomic E-state index is 9.84. The summed E-state index contributed by atoms with van der Waals surface area (Å²) in [5, 5.41) is 13.2. The second-order valence-corrected chi connectivity index (χ2v) is 5.21. The van der Waals surface area contributed by atoms with Crippen molar-refractivity contribution in [2.24, 2.45) is 0 Å². The van der Waals surface area contributed by atoms with Crippen LogP contribution in [0.15, 0.2) is 24.3 Å². The van der Waals surface area contributed by atoms with Crippen molar-refractivity contribution in [1.29, 1.82) is 0 Å². The van der Waals surface area contributed by atoms with Gasteiger partial charge in [0, 0.05) is 19.7 Å². The normalized spacial score (nSPS) is 23.7. The summed E-state index contributed by atoms with van der Waals surface area (Å²) in [6, 6.07) is 8.31. The van der Waals surface area contributed by atoms with Gasteiger partial charge in [-0.15, -0.1) is 0 Å². The molecule has 106 valence electrons. The molecule has 1 unspecified atom stereocenters. The minimum Gasteiger partial charge on any atom is -0.491 e. The van der Waals surface area contributed by atoms with Gasteiger partial charge in [-0.1, -0.05) is 17.7 Å². The van der Waals surface area contributed by atoms with Gasteiger partial charge in [0.2, 0.25) is 0 Å². The number of hydrogen-bond acceptors (Lipinski definition) is 4. The van der Waals surface area contributed by atoms with Gasteiger partial charge >= 0.3 is 0 Å². The summed E-state index contributed by atoms with van der Waals surface area (Å²) < 4.78 is 10.7. The number of benzene rings is 1. The van der Waals surface area contributed by atoms with Crippen molar-refractivity contribution in [2.45, 2.75) is 38.0 Å². The lowest BCUT2D eigenvalue weighted by Gasteiger charge is -2.35. The Bertz CT molecular complexity index is 373. The van der Waals surface area contributed by atoms with Crippen LogP contribution in [0.5, 0.6) is 5.75 Å². The average molecular weight is 265 g/mol. The quantitative estimate of drug-likeness (QED) is 0.784. The topological polar surface area (TPSA) is 50.7 Å². The third-order valence-electron chi connectivity index (χ3n) is 3.53. The molecule has 1 fully saturated rings. The Labute approximate surface area is 114 Å². The molecule has 0 bridgehead atoms. The molecule has 0 spiro atoms. The van der Waals surface area contributed by atoms with Crippen LogP contribution in [0.1, 0.15) is 18.4 Å². The van der Waals surface area contributed by atoms with E-state index in [4.69, 9.17) is 9.47 Å². The first-order chi connectivity index (χ1) is 9.17. The van der Waals surface area contributed by atoms with E-state index in [9.17, 15) is 5.11 Å². The fraction of sp³-hybridized carbons (Fsp3) is 0.600. The number of aliphatic hydroxyl groups excluding tert-OH is 1. The second-order valence-electron chi connectivity index (χ2n) is 5.21. The highest BCUT2D eigenvalue weighted by molar-refractivity contribution is 5.26. The predicted octanol–water partition coefficient (Wildman–Crippen LogP) is 1.50. The summed E-state index contributed by atoms with van der Waals surface area (Å²) in [6.07, 6.45) is 1.96. The minimum absolute atomic E-state index is 0.316. The molecule has 1 aliphatic carbocycles. The van der Waals surface area contributed by atoms with E-state index >= 15 is 0 Å². The van der Waals surface area contributed by atoms with Crippen molar-refractivity contribution in [3.63, 3.8) is 0 Å². The van der Waals surface area contributed by atoms with Gasteiger partial charge in [0.25, 0.3) is 0 Å². The Hall–Kier alpha value is -1.10. The zero-order chi connectivity index (χ0) is 13.7. The van der Waals surface area contributed by atoms with E-state index in [0.717, 1.165) is 18.6 Å². The molecule has 4 heteroatoms. The minimum atomic E-state index is -0.483. The summed E-state index contributed by atoms with van der Waals surface area (Å²) in [4.78, 5) is 0. The van der Waals surface area contributed by atoms with Gasteiger partial charge in [0.1, 0.15) is 18.5 Å². The Morgan fingerprint density at radius 3 is 2.63 bits per heavy atom. The number of aryl methyl sites for hydroxylation is 1. The highest BCUT2D eigenvalue weighted by atomic mass is 16.5. The van der Waals surface area contributed by atoms with E-state index in [1.807, 2.05) is 31.2 Å². The highest BCUT2D eigenvalue weighted by Crippen LogP contribution is 2.22. The summed E-state index contributed by atoms with van der Waals surface area (Å²) in [5.41, 5.74) is 1.20. The monoisotopic (exact) mass is 265 g/mol. The second kappa shape index (κ2) is 6.89. The number of rotatable bonds is 7. The van der Waals surface area contributed by atoms with Crippen molar-refractivity contribution in [3.8, 4) is 5.75 Å². The molecule has 1 aliphatic rings. The van der Waals surface area contributed by atoms with Gasteiger partial charge in [-0.3, -0.25) is 0 Å². The van der Waals surface area contributed by atoms with Crippen molar-refractivity contribution in [2.75, 3.05) is 20.3 Å².